The largest absolute Gasteiger partial charge is 0.377 e. The van der Waals surface area contributed by atoms with Crippen molar-refractivity contribution in [2.45, 2.75) is 6.10 Å². The molecule has 0 fully saturated rings. The van der Waals surface area contributed by atoms with E-state index in [1.165, 1.54) is 4.90 Å². The van der Waals surface area contributed by atoms with Crippen LogP contribution in [0, 0.1) is 0 Å². The van der Waals surface area contributed by atoms with Gasteiger partial charge in [0.05, 0.1) is 5.69 Å². The van der Waals surface area contributed by atoms with E-state index in [9.17, 15) is 9.90 Å². The average Bonchev–Trinajstić information content (AvgIpc) is 2.48. The minimum atomic E-state index is -1.06. The van der Waals surface area contributed by atoms with Gasteiger partial charge in [0.25, 0.3) is 5.91 Å². The molecule has 1 atom stereocenters. The number of likely N-dealkylation sites (N-methyl/N-ethyl adjacent to an activating group) is 1. The summed E-state index contributed by atoms with van der Waals surface area (Å²) in [5, 5.41) is 9.62. The molecule has 0 aliphatic rings. The van der Waals surface area contributed by atoms with Gasteiger partial charge in [-0.2, -0.15) is 0 Å². The van der Waals surface area contributed by atoms with Gasteiger partial charge >= 0.3 is 0 Å². The third kappa shape index (κ3) is 1.89. The Kier molecular flexibility index (Phi) is 2.72. The quantitative estimate of drug-likeness (QED) is 0.707. The molecule has 1 rings (SSSR count). The number of aromatic nitrogens is 1. The zero-order valence-corrected chi connectivity index (χ0v) is 8.06. The molecule has 72 valence electrons. The standard InChI is InChI=1S/C9H14N2O2/c1-10(2)9(13)8(12)7-5-4-6-11(7)3/h4-6,8,12H,1-3H3. The molecule has 1 heterocycles. The van der Waals surface area contributed by atoms with Gasteiger partial charge in [-0.25, -0.2) is 0 Å². The average molecular weight is 182 g/mol. The molecule has 4 heteroatoms. The molecule has 0 saturated carbocycles. The first-order valence-electron chi connectivity index (χ1n) is 4.04. The minimum Gasteiger partial charge on any atom is -0.377 e. The number of carbonyl (C=O) groups excluding carboxylic acids is 1. The van der Waals surface area contributed by atoms with E-state index in [0.29, 0.717) is 5.69 Å². The van der Waals surface area contributed by atoms with Crippen LogP contribution in [0.2, 0.25) is 0 Å². The Morgan fingerprint density at radius 3 is 2.62 bits per heavy atom. The van der Waals surface area contributed by atoms with Gasteiger partial charge in [-0.05, 0) is 12.1 Å². The zero-order valence-electron chi connectivity index (χ0n) is 8.06. The van der Waals surface area contributed by atoms with Gasteiger partial charge in [0.15, 0.2) is 6.10 Å². The molecule has 0 aliphatic carbocycles. The topological polar surface area (TPSA) is 45.5 Å². The molecular formula is C9H14N2O2. The lowest BCUT2D eigenvalue weighted by Gasteiger charge is -2.16. The van der Waals surface area contributed by atoms with Crippen molar-refractivity contribution in [2.75, 3.05) is 14.1 Å². The fraction of sp³-hybridized carbons (Fsp3) is 0.444. The van der Waals surface area contributed by atoms with E-state index in [2.05, 4.69) is 0 Å². The van der Waals surface area contributed by atoms with Crippen molar-refractivity contribution in [2.24, 2.45) is 7.05 Å². The van der Waals surface area contributed by atoms with Crippen LogP contribution in [0.5, 0.6) is 0 Å². The molecule has 0 saturated heterocycles. The van der Waals surface area contributed by atoms with Crippen LogP contribution in [0.3, 0.4) is 0 Å². The number of hydrogen-bond donors (Lipinski definition) is 1. The SMILES string of the molecule is CN(C)C(=O)C(O)c1cccn1C. The monoisotopic (exact) mass is 182 g/mol. The molecular weight excluding hydrogens is 168 g/mol. The summed E-state index contributed by atoms with van der Waals surface area (Å²) in [6.07, 6.45) is 0.733. The highest BCUT2D eigenvalue weighted by Gasteiger charge is 2.20. The second-order valence-electron chi connectivity index (χ2n) is 3.18. The highest BCUT2D eigenvalue weighted by Crippen LogP contribution is 2.13. The number of carbonyl (C=O) groups is 1. The zero-order chi connectivity index (χ0) is 10.0. The molecule has 0 bridgehead atoms. The van der Waals surface area contributed by atoms with E-state index in [1.54, 1.807) is 44.0 Å². The van der Waals surface area contributed by atoms with E-state index < -0.39 is 6.10 Å². The summed E-state index contributed by atoms with van der Waals surface area (Å²) < 4.78 is 1.73. The lowest BCUT2D eigenvalue weighted by Crippen LogP contribution is -2.29. The van der Waals surface area contributed by atoms with Crippen LogP contribution in [0.1, 0.15) is 11.8 Å². The first kappa shape index (κ1) is 9.80. The normalized spacial score (nSPS) is 12.6. The third-order valence-corrected chi connectivity index (χ3v) is 1.94. The summed E-state index contributed by atoms with van der Waals surface area (Å²) in [7, 11) is 5.03. The van der Waals surface area contributed by atoms with Crippen molar-refractivity contribution < 1.29 is 9.90 Å². The summed E-state index contributed by atoms with van der Waals surface area (Å²) in [6, 6.07) is 3.52. The maximum absolute atomic E-state index is 11.4. The second kappa shape index (κ2) is 3.62. The Morgan fingerprint density at radius 1 is 1.62 bits per heavy atom. The number of amides is 1. The number of aliphatic hydroxyl groups is 1. The summed E-state index contributed by atoms with van der Waals surface area (Å²) in [6.45, 7) is 0. The van der Waals surface area contributed by atoms with Crippen molar-refractivity contribution in [3.63, 3.8) is 0 Å². The molecule has 1 aromatic heterocycles. The highest BCUT2D eigenvalue weighted by atomic mass is 16.3. The number of hydrogen-bond acceptors (Lipinski definition) is 2. The number of rotatable bonds is 2. The van der Waals surface area contributed by atoms with Crippen molar-refractivity contribution >= 4 is 5.91 Å². The van der Waals surface area contributed by atoms with Gasteiger partial charge in [0.1, 0.15) is 0 Å². The summed E-state index contributed by atoms with van der Waals surface area (Å²) in [5.41, 5.74) is 0.610. The molecule has 0 spiro atoms. The Bertz CT molecular complexity index is 304. The maximum atomic E-state index is 11.4. The molecule has 0 radical (unpaired) electrons. The van der Waals surface area contributed by atoms with Gasteiger partial charge in [0, 0.05) is 27.3 Å². The Morgan fingerprint density at radius 2 is 2.23 bits per heavy atom. The summed E-state index contributed by atoms with van der Waals surface area (Å²) in [5.74, 6) is -0.304. The van der Waals surface area contributed by atoms with Crippen LogP contribution in [0.4, 0.5) is 0 Å². The van der Waals surface area contributed by atoms with E-state index >= 15 is 0 Å². The van der Waals surface area contributed by atoms with Crippen molar-refractivity contribution in [3.8, 4) is 0 Å². The van der Waals surface area contributed by atoms with Crippen LogP contribution in [0.25, 0.3) is 0 Å². The van der Waals surface area contributed by atoms with Gasteiger partial charge in [-0.3, -0.25) is 4.79 Å². The number of aliphatic hydroxyl groups excluding tert-OH is 1. The van der Waals surface area contributed by atoms with Gasteiger partial charge < -0.3 is 14.6 Å². The van der Waals surface area contributed by atoms with Crippen LogP contribution in [-0.2, 0) is 11.8 Å². The van der Waals surface area contributed by atoms with E-state index in [1.807, 2.05) is 0 Å². The highest BCUT2D eigenvalue weighted by molar-refractivity contribution is 5.81. The van der Waals surface area contributed by atoms with Crippen LogP contribution >= 0.6 is 0 Å². The van der Waals surface area contributed by atoms with Crippen LogP contribution in [0.15, 0.2) is 18.3 Å². The van der Waals surface area contributed by atoms with E-state index in [4.69, 9.17) is 0 Å². The van der Waals surface area contributed by atoms with Gasteiger partial charge in [-0.15, -0.1) is 0 Å². The number of aryl methyl sites for hydroxylation is 1. The molecule has 0 aliphatic heterocycles. The van der Waals surface area contributed by atoms with E-state index in [-0.39, 0.29) is 5.91 Å². The van der Waals surface area contributed by atoms with Gasteiger partial charge in [0.2, 0.25) is 0 Å². The number of nitrogens with zero attached hydrogens (tertiary/aromatic N) is 2. The van der Waals surface area contributed by atoms with Gasteiger partial charge in [-0.1, -0.05) is 0 Å². The van der Waals surface area contributed by atoms with Crippen LogP contribution < -0.4 is 0 Å². The van der Waals surface area contributed by atoms with Crippen molar-refractivity contribution in [3.05, 3.63) is 24.0 Å². The Balaban J connectivity index is 2.85. The molecule has 4 nitrogen and oxygen atoms in total. The second-order valence-corrected chi connectivity index (χ2v) is 3.18. The summed E-state index contributed by atoms with van der Waals surface area (Å²) in [4.78, 5) is 12.7. The predicted octanol–water partition coefficient (Wildman–Crippen LogP) is 0.147. The first-order valence-corrected chi connectivity index (χ1v) is 4.04. The predicted molar refractivity (Wildman–Crippen MR) is 49.1 cm³/mol. The van der Waals surface area contributed by atoms with Crippen molar-refractivity contribution in [1.29, 1.82) is 0 Å². The van der Waals surface area contributed by atoms with Crippen LogP contribution in [-0.4, -0.2) is 34.6 Å². The molecule has 1 amide bonds. The first-order chi connectivity index (χ1) is 6.04. The molecule has 13 heavy (non-hydrogen) atoms. The van der Waals surface area contributed by atoms with E-state index in [0.717, 1.165) is 0 Å². The molecule has 1 N–H and O–H groups in total. The molecule has 0 aromatic carbocycles. The fourth-order valence-electron chi connectivity index (χ4n) is 1.13. The fourth-order valence-corrected chi connectivity index (χ4v) is 1.13. The minimum absolute atomic E-state index is 0.304. The smallest absolute Gasteiger partial charge is 0.257 e. The third-order valence-electron chi connectivity index (χ3n) is 1.94. The maximum Gasteiger partial charge on any atom is 0.257 e. The molecule has 1 unspecified atom stereocenters. The lowest BCUT2D eigenvalue weighted by atomic mass is 10.2. The Hall–Kier alpha value is -1.29. The van der Waals surface area contributed by atoms with Crippen molar-refractivity contribution in [1.82, 2.24) is 9.47 Å². The lowest BCUT2D eigenvalue weighted by molar-refractivity contribution is -0.138. The molecule has 1 aromatic rings. The summed E-state index contributed by atoms with van der Waals surface area (Å²) >= 11 is 0. The Labute approximate surface area is 77.4 Å².